The van der Waals surface area contributed by atoms with Gasteiger partial charge in [0, 0.05) is 24.3 Å². The van der Waals surface area contributed by atoms with Crippen LogP contribution in [-0.2, 0) is 13.0 Å². The van der Waals surface area contributed by atoms with Crippen LogP contribution in [0.5, 0.6) is 5.75 Å². The molecular weight excluding hydrogens is 250 g/mol. The summed E-state index contributed by atoms with van der Waals surface area (Å²) in [6.45, 7) is 3.07. The van der Waals surface area contributed by atoms with Crippen LogP contribution < -0.4 is 10.1 Å². The minimum absolute atomic E-state index is 0.393. The first kappa shape index (κ1) is 14.6. The van der Waals surface area contributed by atoms with E-state index in [1.807, 2.05) is 30.1 Å². The Morgan fingerprint density at radius 3 is 2.65 bits per heavy atom. The molecule has 0 aliphatic heterocycles. The lowest BCUT2D eigenvalue weighted by Crippen LogP contribution is -2.14. The van der Waals surface area contributed by atoms with Gasteiger partial charge in [-0.2, -0.15) is 5.10 Å². The van der Waals surface area contributed by atoms with E-state index in [1.54, 1.807) is 7.11 Å². The Morgan fingerprint density at radius 2 is 2.05 bits per heavy atom. The largest absolute Gasteiger partial charge is 0.497 e. The van der Waals surface area contributed by atoms with Crippen LogP contribution >= 0.6 is 0 Å². The number of aryl methyl sites for hydroxylation is 2. The Bertz CT molecular complexity index is 515. The van der Waals surface area contributed by atoms with Crippen LogP contribution in [0.4, 0.5) is 0 Å². The third kappa shape index (κ3) is 3.61. The van der Waals surface area contributed by atoms with Gasteiger partial charge in [-0.25, -0.2) is 0 Å². The van der Waals surface area contributed by atoms with E-state index in [4.69, 9.17) is 4.74 Å². The molecule has 0 aliphatic carbocycles. The second kappa shape index (κ2) is 7.10. The highest BCUT2D eigenvalue weighted by atomic mass is 16.5. The molecule has 1 heterocycles. The summed E-state index contributed by atoms with van der Waals surface area (Å²) in [7, 11) is 3.68. The molecule has 1 aromatic heterocycles. The Labute approximate surface area is 120 Å². The lowest BCUT2D eigenvalue weighted by Gasteiger charge is -2.10. The Hall–Kier alpha value is -1.81. The van der Waals surface area contributed by atoms with Gasteiger partial charge >= 0.3 is 0 Å². The maximum absolute atomic E-state index is 5.16. The predicted molar refractivity (Wildman–Crippen MR) is 81.0 cm³/mol. The van der Waals surface area contributed by atoms with Gasteiger partial charge in [-0.3, -0.25) is 4.68 Å². The molecule has 2 aromatic rings. The summed E-state index contributed by atoms with van der Waals surface area (Å²) in [6, 6.07) is 8.59. The van der Waals surface area contributed by atoms with E-state index in [9.17, 15) is 0 Å². The summed E-state index contributed by atoms with van der Waals surface area (Å²) in [5.74, 6) is 0.898. The Kier molecular flexibility index (Phi) is 5.18. The van der Waals surface area contributed by atoms with Gasteiger partial charge in [-0.1, -0.05) is 19.1 Å². The van der Waals surface area contributed by atoms with E-state index in [0.717, 1.165) is 25.1 Å². The highest BCUT2D eigenvalue weighted by Crippen LogP contribution is 2.15. The summed E-state index contributed by atoms with van der Waals surface area (Å²) < 4.78 is 7.18. The van der Waals surface area contributed by atoms with E-state index >= 15 is 0 Å². The highest BCUT2D eigenvalue weighted by molar-refractivity contribution is 5.27. The lowest BCUT2D eigenvalue weighted by molar-refractivity contribution is 0.414. The number of nitrogens with zero attached hydrogens (tertiary/aromatic N) is 2. The van der Waals surface area contributed by atoms with Crippen LogP contribution in [0.3, 0.4) is 0 Å². The molecule has 0 fully saturated rings. The van der Waals surface area contributed by atoms with Crippen LogP contribution in [0.25, 0.3) is 0 Å². The summed E-state index contributed by atoms with van der Waals surface area (Å²) in [6.07, 6.45) is 6.13. The molecule has 1 atom stereocenters. The smallest absolute Gasteiger partial charge is 0.118 e. The molecule has 0 aliphatic rings. The molecule has 2 rings (SSSR count). The zero-order valence-corrected chi connectivity index (χ0v) is 12.5. The summed E-state index contributed by atoms with van der Waals surface area (Å²) in [5.41, 5.74) is 2.55. The number of benzene rings is 1. The maximum atomic E-state index is 5.16. The monoisotopic (exact) mass is 273 g/mol. The minimum atomic E-state index is 0.393. The number of ether oxygens (including phenoxy) is 1. The zero-order valence-electron chi connectivity index (χ0n) is 12.5. The van der Waals surface area contributed by atoms with Crippen molar-refractivity contribution in [2.24, 2.45) is 0 Å². The van der Waals surface area contributed by atoms with Gasteiger partial charge in [-0.05, 0) is 37.6 Å². The normalized spacial score (nSPS) is 12.3. The highest BCUT2D eigenvalue weighted by Gasteiger charge is 2.08. The topological polar surface area (TPSA) is 39.1 Å². The van der Waals surface area contributed by atoms with Crippen LogP contribution in [0, 0.1) is 0 Å². The van der Waals surface area contributed by atoms with Gasteiger partial charge in [0.15, 0.2) is 0 Å². The van der Waals surface area contributed by atoms with E-state index in [-0.39, 0.29) is 0 Å². The first-order valence-electron chi connectivity index (χ1n) is 7.09. The average Bonchev–Trinajstić information content (AvgIpc) is 2.96. The number of nitrogens with one attached hydrogen (secondary N) is 1. The quantitative estimate of drug-likeness (QED) is 0.843. The van der Waals surface area contributed by atoms with Crippen LogP contribution in [0.2, 0.25) is 0 Å². The molecule has 1 unspecified atom stereocenters. The van der Waals surface area contributed by atoms with Crippen LogP contribution in [0.1, 0.15) is 30.5 Å². The van der Waals surface area contributed by atoms with Crippen molar-refractivity contribution < 1.29 is 4.74 Å². The molecule has 20 heavy (non-hydrogen) atoms. The van der Waals surface area contributed by atoms with Crippen molar-refractivity contribution in [1.82, 2.24) is 15.1 Å². The zero-order chi connectivity index (χ0) is 14.4. The summed E-state index contributed by atoms with van der Waals surface area (Å²) >= 11 is 0. The predicted octanol–water partition coefficient (Wildman–Crippen LogP) is 2.80. The molecule has 0 saturated carbocycles. The van der Waals surface area contributed by atoms with Crippen molar-refractivity contribution in [3.8, 4) is 5.75 Å². The molecule has 0 spiro atoms. The van der Waals surface area contributed by atoms with E-state index in [1.165, 1.54) is 11.1 Å². The van der Waals surface area contributed by atoms with E-state index in [0.29, 0.717) is 6.04 Å². The number of methoxy groups -OCH3 is 1. The summed E-state index contributed by atoms with van der Waals surface area (Å²) in [4.78, 5) is 0. The van der Waals surface area contributed by atoms with Crippen molar-refractivity contribution >= 4 is 0 Å². The van der Waals surface area contributed by atoms with Gasteiger partial charge in [0.1, 0.15) is 5.75 Å². The minimum Gasteiger partial charge on any atom is -0.497 e. The SMILES string of the molecule is CCC(NC)c1cnn(CCc2ccc(OC)cc2)c1. The molecule has 0 radical (unpaired) electrons. The summed E-state index contributed by atoms with van der Waals surface area (Å²) in [5, 5.41) is 7.73. The Morgan fingerprint density at radius 1 is 1.30 bits per heavy atom. The number of aromatic nitrogens is 2. The van der Waals surface area contributed by atoms with Crippen molar-refractivity contribution in [2.45, 2.75) is 32.4 Å². The average molecular weight is 273 g/mol. The van der Waals surface area contributed by atoms with Crippen molar-refractivity contribution in [3.05, 3.63) is 47.8 Å². The van der Waals surface area contributed by atoms with Crippen LogP contribution in [-0.4, -0.2) is 23.9 Å². The van der Waals surface area contributed by atoms with Crippen LogP contribution in [0.15, 0.2) is 36.7 Å². The second-order valence-electron chi connectivity index (χ2n) is 4.88. The molecule has 1 N–H and O–H groups in total. The molecule has 0 saturated heterocycles. The fourth-order valence-electron chi connectivity index (χ4n) is 2.32. The van der Waals surface area contributed by atoms with E-state index < -0.39 is 0 Å². The van der Waals surface area contributed by atoms with Crippen molar-refractivity contribution in [3.63, 3.8) is 0 Å². The maximum Gasteiger partial charge on any atom is 0.118 e. The van der Waals surface area contributed by atoms with Gasteiger partial charge in [0.25, 0.3) is 0 Å². The number of rotatable bonds is 7. The van der Waals surface area contributed by atoms with Gasteiger partial charge in [0.2, 0.25) is 0 Å². The molecule has 0 bridgehead atoms. The third-order valence-electron chi connectivity index (χ3n) is 3.60. The molecule has 4 nitrogen and oxygen atoms in total. The molecule has 4 heteroatoms. The van der Waals surface area contributed by atoms with Gasteiger partial charge < -0.3 is 10.1 Å². The standard InChI is InChI=1S/C16H23N3O/c1-4-16(17-2)14-11-18-19(12-14)10-9-13-5-7-15(20-3)8-6-13/h5-8,11-12,16-17H,4,9-10H2,1-3H3. The fourth-order valence-corrected chi connectivity index (χ4v) is 2.32. The third-order valence-corrected chi connectivity index (χ3v) is 3.60. The first-order valence-corrected chi connectivity index (χ1v) is 7.09. The molecular formula is C16H23N3O. The fraction of sp³-hybridized carbons (Fsp3) is 0.438. The second-order valence-corrected chi connectivity index (χ2v) is 4.88. The molecule has 1 aromatic carbocycles. The van der Waals surface area contributed by atoms with E-state index in [2.05, 4.69) is 35.7 Å². The number of hydrogen-bond donors (Lipinski definition) is 1. The molecule has 108 valence electrons. The van der Waals surface area contributed by atoms with Crippen molar-refractivity contribution in [2.75, 3.05) is 14.2 Å². The van der Waals surface area contributed by atoms with Gasteiger partial charge in [-0.15, -0.1) is 0 Å². The first-order chi connectivity index (χ1) is 9.76. The number of hydrogen-bond acceptors (Lipinski definition) is 3. The Balaban J connectivity index is 1.93. The van der Waals surface area contributed by atoms with Gasteiger partial charge in [0.05, 0.1) is 13.3 Å². The lowest BCUT2D eigenvalue weighted by atomic mass is 10.1. The van der Waals surface area contributed by atoms with Crippen molar-refractivity contribution in [1.29, 1.82) is 0 Å². The molecule has 0 amide bonds.